The van der Waals surface area contributed by atoms with E-state index in [1.807, 2.05) is 13.8 Å². The van der Waals surface area contributed by atoms with Crippen molar-refractivity contribution in [1.82, 2.24) is 10.3 Å². The predicted octanol–water partition coefficient (Wildman–Crippen LogP) is 1.79. The third kappa shape index (κ3) is 3.78. The van der Waals surface area contributed by atoms with Gasteiger partial charge in [-0.1, -0.05) is 11.6 Å². The van der Waals surface area contributed by atoms with E-state index in [9.17, 15) is 10.1 Å². The number of aromatic nitrogens is 1. The van der Waals surface area contributed by atoms with E-state index in [-0.39, 0.29) is 34.9 Å². The molecule has 8 heteroatoms. The van der Waals surface area contributed by atoms with E-state index >= 15 is 0 Å². The Balaban J connectivity index is 1.95. The topological polar surface area (TPSA) is 86.5 Å². The normalized spacial score (nSPS) is 21.4. The second kappa shape index (κ2) is 5.90. The van der Waals surface area contributed by atoms with Gasteiger partial charge in [0.2, 0.25) is 5.88 Å². The van der Waals surface area contributed by atoms with Crippen LogP contribution in [0.5, 0.6) is 5.88 Å². The van der Waals surface area contributed by atoms with Crippen molar-refractivity contribution >= 4 is 17.3 Å². The molecule has 0 aliphatic carbocycles. The van der Waals surface area contributed by atoms with Crippen LogP contribution in [0.4, 0.5) is 5.69 Å². The number of nitrogens with one attached hydrogen (secondary N) is 1. The van der Waals surface area contributed by atoms with Crippen LogP contribution >= 0.6 is 11.6 Å². The lowest BCUT2D eigenvalue weighted by Crippen LogP contribution is -2.52. The van der Waals surface area contributed by atoms with Crippen molar-refractivity contribution in [1.29, 1.82) is 0 Å². The van der Waals surface area contributed by atoms with Gasteiger partial charge in [0.05, 0.1) is 10.5 Å². The van der Waals surface area contributed by atoms with E-state index in [1.54, 1.807) is 0 Å². The maximum absolute atomic E-state index is 10.6. The second-order valence-electron chi connectivity index (χ2n) is 5.18. The summed E-state index contributed by atoms with van der Waals surface area (Å²) in [7, 11) is 0. The van der Waals surface area contributed by atoms with Gasteiger partial charge in [-0.3, -0.25) is 10.1 Å². The molecule has 0 radical (unpaired) electrons. The van der Waals surface area contributed by atoms with Crippen LogP contribution in [-0.4, -0.2) is 41.3 Å². The average Bonchev–Trinajstić information content (AvgIpc) is 2.36. The zero-order valence-corrected chi connectivity index (χ0v) is 12.0. The zero-order chi connectivity index (χ0) is 14.8. The van der Waals surface area contributed by atoms with E-state index in [2.05, 4.69) is 10.3 Å². The maximum atomic E-state index is 10.6. The highest BCUT2D eigenvalue weighted by molar-refractivity contribution is 6.32. The van der Waals surface area contributed by atoms with Gasteiger partial charge in [-0.25, -0.2) is 4.98 Å². The fraction of sp³-hybridized carbons (Fsp3) is 0.583. The van der Waals surface area contributed by atoms with Crippen LogP contribution in [0.2, 0.25) is 5.02 Å². The van der Waals surface area contributed by atoms with Crippen LogP contribution < -0.4 is 10.1 Å². The van der Waals surface area contributed by atoms with Gasteiger partial charge in [0.1, 0.15) is 23.9 Å². The van der Waals surface area contributed by atoms with Gasteiger partial charge < -0.3 is 14.8 Å². The number of ether oxygens (including phenoxy) is 2. The maximum Gasteiger partial charge on any atom is 0.289 e. The van der Waals surface area contributed by atoms with Crippen molar-refractivity contribution in [3.05, 3.63) is 27.4 Å². The summed E-state index contributed by atoms with van der Waals surface area (Å²) >= 11 is 5.90. The Labute approximate surface area is 121 Å². The summed E-state index contributed by atoms with van der Waals surface area (Å²) in [5.74, 6) is 0.171. The Bertz CT molecular complexity index is 509. The lowest BCUT2D eigenvalue weighted by molar-refractivity contribution is -0.385. The molecule has 2 heterocycles. The summed E-state index contributed by atoms with van der Waals surface area (Å²) in [6.45, 7) is 5.71. The van der Waals surface area contributed by atoms with Gasteiger partial charge in [-0.05, 0) is 13.8 Å². The first kappa shape index (κ1) is 15.0. The van der Waals surface area contributed by atoms with Crippen LogP contribution in [0.25, 0.3) is 0 Å². The molecule has 20 heavy (non-hydrogen) atoms. The SMILES string of the molecule is CC1(C)CNCC(COc2ncc([N+](=O)[O-])cc2Cl)O1. The van der Waals surface area contributed by atoms with E-state index < -0.39 is 4.92 Å². The highest BCUT2D eigenvalue weighted by Crippen LogP contribution is 2.26. The first-order chi connectivity index (χ1) is 9.37. The Kier molecular flexibility index (Phi) is 4.42. The Morgan fingerprint density at radius 1 is 1.70 bits per heavy atom. The Morgan fingerprint density at radius 3 is 3.05 bits per heavy atom. The molecule has 1 atom stereocenters. The number of hydrogen-bond donors (Lipinski definition) is 1. The molecule has 2 rings (SSSR count). The van der Waals surface area contributed by atoms with Crippen molar-refractivity contribution < 1.29 is 14.4 Å². The van der Waals surface area contributed by atoms with Gasteiger partial charge in [0.15, 0.2) is 0 Å². The van der Waals surface area contributed by atoms with Crippen molar-refractivity contribution in [2.24, 2.45) is 0 Å². The minimum absolute atomic E-state index is 0.113. The first-order valence-corrected chi connectivity index (χ1v) is 6.56. The van der Waals surface area contributed by atoms with Crippen molar-refractivity contribution in [3.63, 3.8) is 0 Å². The van der Waals surface area contributed by atoms with Crippen LogP contribution in [0, 0.1) is 10.1 Å². The van der Waals surface area contributed by atoms with E-state index in [0.717, 1.165) is 12.7 Å². The molecule has 1 fully saturated rings. The molecule has 110 valence electrons. The number of rotatable bonds is 4. The largest absolute Gasteiger partial charge is 0.474 e. The molecule has 1 unspecified atom stereocenters. The average molecular weight is 302 g/mol. The fourth-order valence-electron chi connectivity index (χ4n) is 1.95. The minimum atomic E-state index is -0.556. The summed E-state index contributed by atoms with van der Waals surface area (Å²) in [5, 5.41) is 13.9. The summed E-state index contributed by atoms with van der Waals surface area (Å²) in [6.07, 6.45) is 0.998. The van der Waals surface area contributed by atoms with Crippen LogP contribution in [0.3, 0.4) is 0 Å². The number of nitro groups is 1. The van der Waals surface area contributed by atoms with Crippen LogP contribution in [-0.2, 0) is 4.74 Å². The van der Waals surface area contributed by atoms with Gasteiger partial charge in [0, 0.05) is 19.2 Å². The molecular weight excluding hydrogens is 286 g/mol. The van der Waals surface area contributed by atoms with Gasteiger partial charge in [-0.2, -0.15) is 0 Å². The highest BCUT2D eigenvalue weighted by Gasteiger charge is 2.28. The monoisotopic (exact) mass is 301 g/mol. The van der Waals surface area contributed by atoms with Gasteiger partial charge in [0.25, 0.3) is 5.69 Å². The first-order valence-electron chi connectivity index (χ1n) is 6.19. The van der Waals surface area contributed by atoms with E-state index in [1.165, 1.54) is 6.07 Å². The third-order valence-corrected chi connectivity index (χ3v) is 3.09. The molecule has 0 spiro atoms. The lowest BCUT2D eigenvalue weighted by atomic mass is 10.1. The number of morpholine rings is 1. The van der Waals surface area contributed by atoms with E-state index in [0.29, 0.717) is 6.54 Å². The lowest BCUT2D eigenvalue weighted by Gasteiger charge is -2.36. The quantitative estimate of drug-likeness (QED) is 0.674. The van der Waals surface area contributed by atoms with Crippen molar-refractivity contribution in [2.45, 2.75) is 25.6 Å². The summed E-state index contributed by atoms with van der Waals surface area (Å²) in [5.41, 5.74) is -0.419. The Morgan fingerprint density at radius 2 is 2.45 bits per heavy atom. The Hall–Kier alpha value is -1.44. The van der Waals surface area contributed by atoms with Crippen molar-refractivity contribution in [2.75, 3.05) is 19.7 Å². The predicted molar refractivity (Wildman–Crippen MR) is 73.2 cm³/mol. The molecule has 1 saturated heterocycles. The molecule has 1 aromatic heterocycles. The number of pyridine rings is 1. The van der Waals surface area contributed by atoms with Crippen LogP contribution in [0.15, 0.2) is 12.3 Å². The number of hydrogen-bond acceptors (Lipinski definition) is 6. The van der Waals surface area contributed by atoms with Gasteiger partial charge in [-0.15, -0.1) is 0 Å². The molecule has 0 aromatic carbocycles. The molecule has 1 aromatic rings. The molecule has 7 nitrogen and oxygen atoms in total. The molecule has 1 aliphatic rings. The van der Waals surface area contributed by atoms with Crippen LogP contribution in [0.1, 0.15) is 13.8 Å². The molecular formula is C12H16ClN3O4. The third-order valence-electron chi connectivity index (χ3n) is 2.82. The second-order valence-corrected chi connectivity index (χ2v) is 5.59. The molecule has 1 aliphatic heterocycles. The highest BCUT2D eigenvalue weighted by atomic mass is 35.5. The standard InChI is InChI=1S/C12H16ClN3O4/c1-12(2)7-14-5-9(20-12)6-19-11-10(13)3-8(4-15-11)16(17)18/h3-4,9,14H,5-7H2,1-2H3. The minimum Gasteiger partial charge on any atom is -0.474 e. The molecule has 0 amide bonds. The summed E-state index contributed by atoms with van der Waals surface area (Å²) < 4.78 is 11.3. The van der Waals surface area contributed by atoms with Gasteiger partial charge >= 0.3 is 0 Å². The van der Waals surface area contributed by atoms with Crippen molar-refractivity contribution in [3.8, 4) is 5.88 Å². The number of nitrogens with zero attached hydrogens (tertiary/aromatic N) is 2. The number of halogens is 1. The molecule has 0 bridgehead atoms. The molecule has 0 saturated carbocycles. The smallest absolute Gasteiger partial charge is 0.289 e. The molecule has 1 N–H and O–H groups in total. The van der Waals surface area contributed by atoms with E-state index in [4.69, 9.17) is 21.1 Å². The summed E-state index contributed by atoms with van der Waals surface area (Å²) in [6, 6.07) is 1.22. The summed E-state index contributed by atoms with van der Waals surface area (Å²) in [4.78, 5) is 13.9. The fourth-order valence-corrected chi connectivity index (χ4v) is 2.17. The zero-order valence-electron chi connectivity index (χ0n) is 11.3.